The molecule has 1 saturated heterocycles. The number of hydrogen-bond acceptors (Lipinski definition) is 4. The molecule has 0 spiro atoms. The fraction of sp³-hybridized carbons (Fsp3) is 0.600. The first-order valence-electron chi connectivity index (χ1n) is 7.43. The molecule has 0 bridgehead atoms. The number of hydrogen-bond donors (Lipinski definition) is 1. The van der Waals surface area contributed by atoms with Crippen LogP contribution in [0.3, 0.4) is 0 Å². The van der Waals surface area contributed by atoms with Crippen LogP contribution in [0.1, 0.15) is 31.5 Å². The van der Waals surface area contributed by atoms with Crippen LogP contribution in [0.4, 0.5) is 0 Å². The highest BCUT2D eigenvalue weighted by molar-refractivity contribution is 5.91. The number of aromatic nitrogens is 2. The molecule has 0 saturated carbocycles. The highest BCUT2D eigenvalue weighted by Crippen LogP contribution is 2.36. The van der Waals surface area contributed by atoms with E-state index in [1.165, 1.54) is 6.33 Å². The predicted octanol–water partition coefficient (Wildman–Crippen LogP) is -0.0885. The Balaban J connectivity index is 1.85. The molecule has 3 heterocycles. The quantitative estimate of drug-likeness (QED) is 0.786. The number of amides is 2. The third-order valence-electron chi connectivity index (χ3n) is 5.09. The molecule has 0 aromatic carbocycles. The molecule has 7 heteroatoms. The molecule has 2 aliphatic rings. The van der Waals surface area contributed by atoms with Gasteiger partial charge in [-0.15, -0.1) is 0 Å². The van der Waals surface area contributed by atoms with E-state index in [1.54, 1.807) is 16.8 Å². The fourth-order valence-corrected chi connectivity index (χ4v) is 3.27. The van der Waals surface area contributed by atoms with E-state index in [4.69, 9.17) is 0 Å². The third-order valence-corrected chi connectivity index (χ3v) is 5.09. The van der Waals surface area contributed by atoms with Crippen molar-refractivity contribution in [3.05, 3.63) is 27.9 Å². The molecular weight excluding hydrogens is 284 g/mol. The smallest absolute Gasteiger partial charge is 0.255 e. The topological polar surface area (TPSA) is 86.4 Å². The van der Waals surface area contributed by atoms with Gasteiger partial charge in [-0.05, 0) is 13.8 Å². The predicted molar refractivity (Wildman–Crippen MR) is 78.9 cm³/mol. The Morgan fingerprint density at radius 1 is 1.41 bits per heavy atom. The molecule has 1 unspecified atom stereocenters. The fourth-order valence-electron chi connectivity index (χ4n) is 3.27. The molecule has 1 fully saturated rings. The van der Waals surface area contributed by atoms with Crippen LogP contribution >= 0.6 is 0 Å². The van der Waals surface area contributed by atoms with Gasteiger partial charge in [0.25, 0.3) is 5.56 Å². The minimum atomic E-state index is -0.504. The summed E-state index contributed by atoms with van der Waals surface area (Å²) in [7, 11) is 1.73. The van der Waals surface area contributed by atoms with Gasteiger partial charge in [-0.2, -0.15) is 0 Å². The summed E-state index contributed by atoms with van der Waals surface area (Å²) in [5.74, 6) is -0.445. The second kappa shape index (κ2) is 4.93. The van der Waals surface area contributed by atoms with Gasteiger partial charge in [0.15, 0.2) is 0 Å². The van der Waals surface area contributed by atoms with Crippen LogP contribution in [-0.2, 0) is 22.6 Å². The zero-order chi connectivity index (χ0) is 16.1. The van der Waals surface area contributed by atoms with Crippen molar-refractivity contribution in [2.75, 3.05) is 13.6 Å². The third kappa shape index (κ3) is 2.12. The Bertz CT molecular complexity index is 694. The van der Waals surface area contributed by atoms with Crippen LogP contribution in [0.2, 0.25) is 0 Å². The maximum absolute atomic E-state index is 12.8. The summed E-state index contributed by atoms with van der Waals surface area (Å²) in [5.41, 5.74) is 0.612. The number of likely N-dealkylation sites (tertiary alicyclic amines) is 1. The highest BCUT2D eigenvalue weighted by Gasteiger charge is 2.49. The average molecular weight is 304 g/mol. The highest BCUT2D eigenvalue weighted by atomic mass is 16.2. The first-order valence-corrected chi connectivity index (χ1v) is 7.43. The number of carbonyl (C=O) groups excluding carboxylic acids is 2. The lowest BCUT2D eigenvalue weighted by molar-refractivity contribution is -0.138. The molecule has 1 aromatic rings. The molecule has 2 aliphatic heterocycles. The SMILES string of the molecule is CN1C(=O)CC(C(=O)N2CCc3nc[nH]c(=O)c3C2)C1(C)C. The van der Waals surface area contributed by atoms with Crippen molar-refractivity contribution < 1.29 is 9.59 Å². The summed E-state index contributed by atoms with van der Waals surface area (Å²) in [6.45, 7) is 4.62. The summed E-state index contributed by atoms with van der Waals surface area (Å²) in [4.78, 5) is 46.7. The number of fused-ring (bicyclic) bond motifs is 1. The van der Waals surface area contributed by atoms with Crippen LogP contribution in [0.15, 0.2) is 11.1 Å². The Labute approximate surface area is 128 Å². The van der Waals surface area contributed by atoms with E-state index in [9.17, 15) is 14.4 Å². The summed E-state index contributed by atoms with van der Waals surface area (Å²) in [5, 5.41) is 0. The van der Waals surface area contributed by atoms with E-state index >= 15 is 0 Å². The van der Waals surface area contributed by atoms with E-state index in [1.807, 2.05) is 13.8 Å². The molecule has 0 aliphatic carbocycles. The maximum Gasteiger partial charge on any atom is 0.255 e. The van der Waals surface area contributed by atoms with Gasteiger partial charge >= 0.3 is 0 Å². The Kier molecular flexibility index (Phi) is 3.30. The molecule has 1 aromatic heterocycles. The summed E-state index contributed by atoms with van der Waals surface area (Å²) in [6, 6.07) is 0. The minimum Gasteiger partial charge on any atom is -0.340 e. The van der Waals surface area contributed by atoms with E-state index < -0.39 is 5.54 Å². The van der Waals surface area contributed by atoms with Gasteiger partial charge in [0, 0.05) is 32.0 Å². The van der Waals surface area contributed by atoms with Gasteiger partial charge in [-0.25, -0.2) is 4.98 Å². The largest absolute Gasteiger partial charge is 0.340 e. The molecule has 118 valence electrons. The zero-order valence-corrected chi connectivity index (χ0v) is 13.0. The maximum atomic E-state index is 12.8. The van der Waals surface area contributed by atoms with E-state index in [-0.39, 0.29) is 36.3 Å². The average Bonchev–Trinajstić information content (AvgIpc) is 2.70. The van der Waals surface area contributed by atoms with Gasteiger partial charge in [0.1, 0.15) is 0 Å². The monoisotopic (exact) mass is 304 g/mol. The molecule has 7 nitrogen and oxygen atoms in total. The zero-order valence-electron chi connectivity index (χ0n) is 13.0. The van der Waals surface area contributed by atoms with Crippen molar-refractivity contribution in [1.29, 1.82) is 0 Å². The molecule has 2 amide bonds. The normalized spacial score (nSPS) is 23.6. The molecular formula is C15H20N4O3. The summed E-state index contributed by atoms with van der Waals surface area (Å²) in [6.07, 6.45) is 2.20. The van der Waals surface area contributed by atoms with Gasteiger partial charge in [-0.1, -0.05) is 0 Å². The van der Waals surface area contributed by atoms with Crippen molar-refractivity contribution in [3.8, 4) is 0 Å². The summed E-state index contributed by atoms with van der Waals surface area (Å²) >= 11 is 0. The van der Waals surface area contributed by atoms with Gasteiger partial charge in [0.05, 0.1) is 30.0 Å². The summed E-state index contributed by atoms with van der Waals surface area (Å²) < 4.78 is 0. The van der Waals surface area contributed by atoms with Crippen LogP contribution in [0.25, 0.3) is 0 Å². The van der Waals surface area contributed by atoms with Crippen LogP contribution in [-0.4, -0.2) is 50.7 Å². The van der Waals surface area contributed by atoms with Crippen LogP contribution < -0.4 is 5.56 Å². The minimum absolute atomic E-state index is 0.0136. The number of nitrogens with zero attached hydrogens (tertiary/aromatic N) is 3. The van der Waals surface area contributed by atoms with Gasteiger partial charge in [0.2, 0.25) is 11.8 Å². The Morgan fingerprint density at radius 3 is 2.77 bits per heavy atom. The van der Waals surface area contributed by atoms with Crippen LogP contribution in [0, 0.1) is 5.92 Å². The lowest BCUT2D eigenvalue weighted by Crippen LogP contribution is -2.49. The van der Waals surface area contributed by atoms with Crippen molar-refractivity contribution in [2.24, 2.45) is 5.92 Å². The lowest BCUT2D eigenvalue weighted by atomic mass is 9.86. The van der Waals surface area contributed by atoms with Crippen molar-refractivity contribution in [1.82, 2.24) is 19.8 Å². The number of H-pyrrole nitrogens is 1. The van der Waals surface area contributed by atoms with E-state index in [2.05, 4.69) is 9.97 Å². The Morgan fingerprint density at radius 2 is 2.14 bits per heavy atom. The molecule has 3 rings (SSSR count). The molecule has 22 heavy (non-hydrogen) atoms. The second-order valence-corrected chi connectivity index (χ2v) is 6.53. The number of nitrogens with one attached hydrogen (secondary N) is 1. The standard InChI is InChI=1S/C15H20N4O3/c1-15(2)10(6-12(20)18(15)3)14(22)19-5-4-11-9(7-19)13(21)17-8-16-11/h8,10H,4-7H2,1-3H3,(H,16,17,21). The first kappa shape index (κ1) is 14.7. The number of carbonyl (C=O) groups is 2. The van der Waals surface area contributed by atoms with Gasteiger partial charge in [-0.3, -0.25) is 14.4 Å². The lowest BCUT2D eigenvalue weighted by Gasteiger charge is -2.36. The molecule has 1 atom stereocenters. The van der Waals surface area contributed by atoms with Crippen LogP contribution in [0.5, 0.6) is 0 Å². The molecule has 0 radical (unpaired) electrons. The van der Waals surface area contributed by atoms with Gasteiger partial charge < -0.3 is 14.8 Å². The second-order valence-electron chi connectivity index (χ2n) is 6.53. The van der Waals surface area contributed by atoms with Crippen molar-refractivity contribution in [3.63, 3.8) is 0 Å². The number of rotatable bonds is 1. The first-order chi connectivity index (χ1) is 10.3. The number of aromatic amines is 1. The van der Waals surface area contributed by atoms with E-state index in [0.29, 0.717) is 18.5 Å². The van der Waals surface area contributed by atoms with Crippen molar-refractivity contribution >= 4 is 11.8 Å². The van der Waals surface area contributed by atoms with Crippen molar-refractivity contribution in [2.45, 2.75) is 38.8 Å². The van der Waals surface area contributed by atoms with E-state index in [0.717, 1.165) is 5.69 Å². The molecule has 1 N–H and O–H groups in total. The Hall–Kier alpha value is -2.18.